The number of aromatic nitrogens is 1. The summed E-state index contributed by atoms with van der Waals surface area (Å²) in [5, 5.41) is 3.47. The minimum atomic E-state index is -0.254. The highest BCUT2D eigenvalue weighted by molar-refractivity contribution is 5.10. The lowest BCUT2D eigenvalue weighted by atomic mass is 10.1. The van der Waals surface area contributed by atoms with Crippen LogP contribution >= 0.6 is 0 Å². The first-order valence-corrected chi connectivity index (χ1v) is 6.22. The zero-order valence-electron chi connectivity index (χ0n) is 10.5. The maximum absolute atomic E-state index is 13.1. The monoisotopic (exact) mass is 237 g/mol. The third-order valence-electron chi connectivity index (χ3n) is 3.33. The van der Waals surface area contributed by atoms with Gasteiger partial charge in [-0.2, -0.15) is 0 Å². The molecule has 17 heavy (non-hydrogen) atoms. The molecule has 0 amide bonds. The molecular formula is C13H20FN3. The average Bonchev–Trinajstić information content (AvgIpc) is 2.41. The van der Waals surface area contributed by atoms with Crippen molar-refractivity contribution in [1.29, 1.82) is 0 Å². The molecule has 4 heteroatoms. The summed E-state index contributed by atoms with van der Waals surface area (Å²) in [7, 11) is 0. The summed E-state index contributed by atoms with van der Waals surface area (Å²) in [6.07, 6.45) is 4.13. The second kappa shape index (κ2) is 5.56. The number of hydrogen-bond acceptors (Lipinski definition) is 3. The Balaban J connectivity index is 2.05. The van der Waals surface area contributed by atoms with Crippen LogP contribution in [0.25, 0.3) is 0 Å². The van der Waals surface area contributed by atoms with Crippen LogP contribution in [-0.4, -0.2) is 35.1 Å². The molecule has 2 heterocycles. The van der Waals surface area contributed by atoms with E-state index in [4.69, 9.17) is 0 Å². The van der Waals surface area contributed by atoms with E-state index in [1.54, 1.807) is 12.3 Å². The van der Waals surface area contributed by atoms with Gasteiger partial charge in [-0.25, -0.2) is 4.39 Å². The molecule has 1 aliphatic heterocycles. The topological polar surface area (TPSA) is 28.2 Å². The van der Waals surface area contributed by atoms with Gasteiger partial charge < -0.3 is 5.32 Å². The van der Waals surface area contributed by atoms with Crippen LogP contribution in [-0.2, 0) is 6.54 Å². The van der Waals surface area contributed by atoms with Crippen molar-refractivity contribution in [1.82, 2.24) is 15.2 Å². The third kappa shape index (κ3) is 3.48. The Hall–Kier alpha value is -1.00. The molecule has 0 saturated carbocycles. The van der Waals surface area contributed by atoms with Crippen LogP contribution in [0, 0.1) is 5.82 Å². The molecule has 0 aromatic carbocycles. The normalized spacial score (nSPS) is 26.8. The van der Waals surface area contributed by atoms with Gasteiger partial charge in [0.25, 0.3) is 0 Å². The Morgan fingerprint density at radius 2 is 2.29 bits per heavy atom. The van der Waals surface area contributed by atoms with Crippen LogP contribution < -0.4 is 5.32 Å². The van der Waals surface area contributed by atoms with E-state index < -0.39 is 0 Å². The fourth-order valence-electron chi connectivity index (χ4n) is 2.31. The molecule has 94 valence electrons. The van der Waals surface area contributed by atoms with Crippen LogP contribution in [0.15, 0.2) is 18.5 Å². The fraction of sp³-hybridized carbons (Fsp3) is 0.615. The van der Waals surface area contributed by atoms with E-state index in [1.165, 1.54) is 6.20 Å². The zero-order chi connectivity index (χ0) is 12.3. The van der Waals surface area contributed by atoms with E-state index in [1.807, 2.05) is 0 Å². The second-order valence-corrected chi connectivity index (χ2v) is 4.93. The number of hydrogen-bond donors (Lipinski definition) is 1. The van der Waals surface area contributed by atoms with Crippen molar-refractivity contribution in [3.05, 3.63) is 29.8 Å². The molecule has 1 aromatic rings. The van der Waals surface area contributed by atoms with Crippen LogP contribution in [0.1, 0.15) is 25.8 Å². The van der Waals surface area contributed by atoms with E-state index in [2.05, 4.69) is 29.0 Å². The maximum atomic E-state index is 13.1. The highest BCUT2D eigenvalue weighted by Crippen LogP contribution is 2.13. The first-order valence-electron chi connectivity index (χ1n) is 6.22. The molecule has 1 aromatic heterocycles. The number of halogens is 1. The molecule has 2 unspecified atom stereocenters. The van der Waals surface area contributed by atoms with Gasteiger partial charge in [0.15, 0.2) is 0 Å². The van der Waals surface area contributed by atoms with Gasteiger partial charge in [-0.1, -0.05) is 0 Å². The van der Waals surface area contributed by atoms with Crippen LogP contribution in [0.4, 0.5) is 4.39 Å². The zero-order valence-corrected chi connectivity index (χ0v) is 10.5. The predicted molar refractivity (Wildman–Crippen MR) is 66.1 cm³/mol. The van der Waals surface area contributed by atoms with E-state index in [0.29, 0.717) is 12.1 Å². The number of pyridine rings is 1. The SMILES string of the molecule is CC1CN(Cc2cncc(F)c2)C(C)CCN1. The molecule has 0 spiro atoms. The molecule has 1 N–H and O–H groups in total. The molecule has 0 bridgehead atoms. The Kier molecular flexibility index (Phi) is 4.07. The lowest BCUT2D eigenvalue weighted by molar-refractivity contribution is 0.198. The van der Waals surface area contributed by atoms with E-state index in [-0.39, 0.29) is 5.82 Å². The largest absolute Gasteiger partial charge is 0.313 e. The molecule has 2 rings (SSSR count). The summed E-state index contributed by atoms with van der Waals surface area (Å²) in [5.74, 6) is -0.254. The summed E-state index contributed by atoms with van der Waals surface area (Å²) in [6.45, 7) is 7.25. The summed E-state index contributed by atoms with van der Waals surface area (Å²) in [6, 6.07) is 2.58. The van der Waals surface area contributed by atoms with Crippen molar-refractivity contribution >= 4 is 0 Å². The summed E-state index contributed by atoms with van der Waals surface area (Å²) in [4.78, 5) is 6.29. The van der Waals surface area contributed by atoms with Crippen LogP contribution in [0.5, 0.6) is 0 Å². The Morgan fingerprint density at radius 3 is 3.06 bits per heavy atom. The molecule has 0 aliphatic carbocycles. The molecular weight excluding hydrogens is 217 g/mol. The summed E-state index contributed by atoms with van der Waals surface area (Å²) >= 11 is 0. The minimum Gasteiger partial charge on any atom is -0.313 e. The Morgan fingerprint density at radius 1 is 1.47 bits per heavy atom. The quantitative estimate of drug-likeness (QED) is 0.850. The first-order chi connectivity index (χ1) is 8.15. The summed E-state index contributed by atoms with van der Waals surface area (Å²) in [5.41, 5.74) is 0.950. The number of nitrogens with one attached hydrogen (secondary N) is 1. The second-order valence-electron chi connectivity index (χ2n) is 4.93. The van der Waals surface area contributed by atoms with Gasteiger partial charge in [0.05, 0.1) is 6.20 Å². The van der Waals surface area contributed by atoms with Gasteiger partial charge in [-0.3, -0.25) is 9.88 Å². The predicted octanol–water partition coefficient (Wildman–Crippen LogP) is 1.79. The fourth-order valence-corrected chi connectivity index (χ4v) is 2.31. The molecule has 3 nitrogen and oxygen atoms in total. The minimum absolute atomic E-state index is 0.254. The first kappa shape index (κ1) is 12.5. The van der Waals surface area contributed by atoms with Gasteiger partial charge in [0, 0.05) is 31.4 Å². The standard InChI is InChI=1S/C13H20FN3/c1-10-8-17(11(2)3-4-16-10)9-12-5-13(14)7-15-6-12/h5-7,10-11,16H,3-4,8-9H2,1-2H3. The van der Waals surface area contributed by atoms with Gasteiger partial charge in [0.1, 0.15) is 5.82 Å². The summed E-state index contributed by atoms with van der Waals surface area (Å²) < 4.78 is 13.1. The van der Waals surface area contributed by atoms with E-state index in [0.717, 1.165) is 31.6 Å². The van der Waals surface area contributed by atoms with E-state index in [9.17, 15) is 4.39 Å². The molecule has 1 fully saturated rings. The van der Waals surface area contributed by atoms with Gasteiger partial charge in [-0.05, 0) is 38.4 Å². The smallest absolute Gasteiger partial charge is 0.141 e. The molecule has 2 atom stereocenters. The average molecular weight is 237 g/mol. The van der Waals surface area contributed by atoms with Crippen molar-refractivity contribution in [3.63, 3.8) is 0 Å². The highest BCUT2D eigenvalue weighted by Gasteiger charge is 2.20. The van der Waals surface area contributed by atoms with Gasteiger partial charge >= 0.3 is 0 Å². The van der Waals surface area contributed by atoms with Crippen molar-refractivity contribution in [3.8, 4) is 0 Å². The van der Waals surface area contributed by atoms with Crippen LogP contribution in [0.2, 0.25) is 0 Å². The van der Waals surface area contributed by atoms with E-state index >= 15 is 0 Å². The maximum Gasteiger partial charge on any atom is 0.141 e. The number of rotatable bonds is 2. The van der Waals surface area contributed by atoms with Crippen molar-refractivity contribution in [2.75, 3.05) is 13.1 Å². The Labute approximate surface area is 102 Å². The van der Waals surface area contributed by atoms with Crippen molar-refractivity contribution < 1.29 is 4.39 Å². The lowest BCUT2D eigenvalue weighted by Crippen LogP contribution is -2.38. The molecule has 0 radical (unpaired) electrons. The van der Waals surface area contributed by atoms with Gasteiger partial charge in [-0.15, -0.1) is 0 Å². The Bertz CT molecular complexity index is 369. The van der Waals surface area contributed by atoms with Crippen LogP contribution in [0.3, 0.4) is 0 Å². The van der Waals surface area contributed by atoms with Gasteiger partial charge in [0.2, 0.25) is 0 Å². The van der Waals surface area contributed by atoms with Crippen molar-refractivity contribution in [2.45, 2.75) is 38.9 Å². The van der Waals surface area contributed by atoms with Crippen molar-refractivity contribution in [2.24, 2.45) is 0 Å². The number of nitrogens with zero attached hydrogens (tertiary/aromatic N) is 2. The lowest BCUT2D eigenvalue weighted by Gasteiger charge is -2.27. The highest BCUT2D eigenvalue weighted by atomic mass is 19.1. The molecule has 1 saturated heterocycles. The molecule has 1 aliphatic rings. The third-order valence-corrected chi connectivity index (χ3v) is 3.33.